The Morgan fingerprint density at radius 1 is 0.975 bits per heavy atom. The van der Waals surface area contributed by atoms with E-state index >= 15 is 0 Å². The summed E-state index contributed by atoms with van der Waals surface area (Å²) in [6, 6.07) is 6.61. The minimum absolute atomic E-state index is 0.114. The first kappa shape index (κ1) is 26.9. The molecule has 2 amide bonds. The van der Waals surface area contributed by atoms with Gasteiger partial charge in [0.1, 0.15) is 5.82 Å². The minimum Gasteiger partial charge on any atom is -0.477 e. The molecule has 0 spiro atoms. The molecule has 0 radical (unpaired) electrons. The lowest BCUT2D eigenvalue weighted by molar-refractivity contribution is 0.0490. The van der Waals surface area contributed by atoms with Crippen LogP contribution in [0.1, 0.15) is 58.0 Å². The number of sulfonamides is 1. The van der Waals surface area contributed by atoms with Crippen LogP contribution in [0.15, 0.2) is 46.4 Å². The molecule has 1 aromatic heterocycles. The number of benzene rings is 1. The molecule has 12 heteroatoms. The van der Waals surface area contributed by atoms with Crippen LogP contribution in [0.25, 0.3) is 0 Å². The predicted molar refractivity (Wildman–Crippen MR) is 142 cm³/mol. The number of rotatable bonds is 7. The first-order chi connectivity index (χ1) is 19.2. The zero-order valence-corrected chi connectivity index (χ0v) is 22.8. The molecule has 3 aliphatic heterocycles. The van der Waals surface area contributed by atoms with E-state index in [2.05, 4.69) is 4.98 Å². The summed E-state index contributed by atoms with van der Waals surface area (Å²) < 4.78 is 49.0. The Morgan fingerprint density at radius 3 is 2.23 bits per heavy atom. The van der Waals surface area contributed by atoms with Crippen LogP contribution in [0.4, 0.5) is 4.39 Å². The molecule has 4 heterocycles. The quantitative estimate of drug-likeness (QED) is 0.506. The van der Waals surface area contributed by atoms with Crippen LogP contribution in [0, 0.1) is 11.7 Å². The standard InChI is InChI=1S/C28H31FN4O6S/c29-24-11-22(40(30,36)37)3-4-23(24)28(35)33-14-20-12-32(13-21(20)15-33)27(34)19-9-25(18-1-2-18)31-26(10-19)39-16-17-5-7-38-8-6-17/h3-4,9-11,17-18H,1-2,5-8,12-16H2,(H2,30,36,37). The zero-order valence-electron chi connectivity index (χ0n) is 22.0. The fourth-order valence-electron chi connectivity index (χ4n) is 5.49. The van der Waals surface area contributed by atoms with E-state index < -0.39 is 26.6 Å². The monoisotopic (exact) mass is 570 g/mol. The molecule has 0 atom stereocenters. The predicted octanol–water partition coefficient (Wildman–Crippen LogP) is 2.46. The van der Waals surface area contributed by atoms with Gasteiger partial charge >= 0.3 is 0 Å². The molecule has 0 bridgehead atoms. The number of aromatic nitrogens is 1. The number of hydrogen-bond acceptors (Lipinski definition) is 7. The fourth-order valence-corrected chi connectivity index (χ4v) is 6.02. The van der Waals surface area contributed by atoms with Crippen LogP contribution in [0.5, 0.6) is 5.88 Å². The average Bonchev–Trinajstić information content (AvgIpc) is 3.60. The zero-order chi connectivity index (χ0) is 28.0. The van der Waals surface area contributed by atoms with Crippen LogP contribution in [-0.2, 0) is 14.8 Å². The SMILES string of the molecule is NS(=O)(=O)c1ccc(C(=O)N2CC3=C(CN(C(=O)c4cc(OCC5CCOCC5)nc(C5CC5)c4)C3)C2)c(F)c1. The van der Waals surface area contributed by atoms with Gasteiger partial charge in [-0.1, -0.05) is 0 Å². The molecule has 1 aliphatic carbocycles. The maximum absolute atomic E-state index is 14.6. The summed E-state index contributed by atoms with van der Waals surface area (Å²) in [5, 5.41) is 5.05. The minimum atomic E-state index is -4.08. The highest BCUT2D eigenvalue weighted by Gasteiger charge is 2.36. The molecule has 4 aliphatic rings. The molecule has 2 aromatic rings. The number of primary sulfonamides is 1. The van der Waals surface area contributed by atoms with Gasteiger partial charge in [-0.05, 0) is 67.0 Å². The van der Waals surface area contributed by atoms with E-state index in [9.17, 15) is 22.4 Å². The number of carbonyl (C=O) groups excluding carboxylic acids is 2. The average molecular weight is 571 g/mol. The lowest BCUT2D eigenvalue weighted by atomic mass is 10.0. The third-order valence-electron chi connectivity index (χ3n) is 7.97. The highest BCUT2D eigenvalue weighted by Crippen LogP contribution is 2.40. The Bertz CT molecular complexity index is 1480. The van der Waals surface area contributed by atoms with E-state index in [1.165, 1.54) is 4.90 Å². The van der Waals surface area contributed by atoms with Crippen LogP contribution < -0.4 is 9.88 Å². The van der Waals surface area contributed by atoms with Crippen molar-refractivity contribution in [2.45, 2.75) is 36.5 Å². The Hall–Kier alpha value is -3.35. The summed E-state index contributed by atoms with van der Waals surface area (Å²) in [5.74, 6) is -0.349. The molecule has 6 rings (SSSR count). The van der Waals surface area contributed by atoms with Gasteiger partial charge in [-0.25, -0.2) is 22.9 Å². The molecule has 212 valence electrons. The Kier molecular flexibility index (Phi) is 7.09. The molecule has 1 saturated carbocycles. The number of ether oxygens (including phenoxy) is 2. The normalized spacial score (nSPS) is 19.8. The fraction of sp³-hybridized carbons (Fsp3) is 0.464. The van der Waals surface area contributed by atoms with Gasteiger partial charge < -0.3 is 19.3 Å². The first-order valence-electron chi connectivity index (χ1n) is 13.5. The summed E-state index contributed by atoms with van der Waals surface area (Å²) in [5.41, 5.74) is 3.12. The second-order valence-corrected chi connectivity index (χ2v) is 12.5. The number of carbonyl (C=O) groups is 2. The van der Waals surface area contributed by atoms with Crippen LogP contribution in [-0.4, -0.2) is 81.0 Å². The van der Waals surface area contributed by atoms with Gasteiger partial charge in [0, 0.05) is 62.6 Å². The molecule has 10 nitrogen and oxygen atoms in total. The van der Waals surface area contributed by atoms with Gasteiger partial charge in [0.15, 0.2) is 0 Å². The summed E-state index contributed by atoms with van der Waals surface area (Å²) in [6.07, 6.45) is 4.01. The highest BCUT2D eigenvalue weighted by atomic mass is 32.2. The van der Waals surface area contributed by atoms with Crippen molar-refractivity contribution in [2.75, 3.05) is 46.0 Å². The van der Waals surface area contributed by atoms with Crippen LogP contribution >= 0.6 is 0 Å². The van der Waals surface area contributed by atoms with Gasteiger partial charge in [0.25, 0.3) is 11.8 Å². The lowest BCUT2D eigenvalue weighted by Crippen LogP contribution is -2.36. The van der Waals surface area contributed by atoms with E-state index in [-0.39, 0.29) is 24.6 Å². The molecule has 2 fully saturated rings. The van der Waals surface area contributed by atoms with Crippen molar-refractivity contribution in [1.29, 1.82) is 0 Å². The van der Waals surface area contributed by atoms with Crippen molar-refractivity contribution in [2.24, 2.45) is 11.1 Å². The number of halogens is 1. The van der Waals surface area contributed by atoms with Crippen molar-refractivity contribution < 1.29 is 31.9 Å². The molecule has 2 N–H and O–H groups in total. The third kappa shape index (κ3) is 5.61. The Labute approximate surface area is 232 Å². The molecular formula is C28H31FN4O6S. The number of hydrogen-bond donors (Lipinski definition) is 1. The number of nitrogens with zero attached hydrogens (tertiary/aromatic N) is 3. The summed E-state index contributed by atoms with van der Waals surface area (Å²) in [4.78, 5) is 34.1. The van der Waals surface area contributed by atoms with Crippen molar-refractivity contribution >= 4 is 21.8 Å². The van der Waals surface area contributed by atoms with E-state index in [4.69, 9.17) is 14.6 Å². The summed E-state index contributed by atoms with van der Waals surface area (Å²) in [6.45, 7) is 3.33. The largest absolute Gasteiger partial charge is 0.477 e. The molecule has 40 heavy (non-hydrogen) atoms. The van der Waals surface area contributed by atoms with Crippen molar-refractivity contribution in [3.63, 3.8) is 0 Å². The topological polar surface area (TPSA) is 132 Å². The lowest BCUT2D eigenvalue weighted by Gasteiger charge is -2.24. The van der Waals surface area contributed by atoms with Crippen molar-refractivity contribution in [1.82, 2.24) is 14.8 Å². The smallest absolute Gasteiger partial charge is 0.257 e. The molecular weight excluding hydrogens is 539 g/mol. The molecule has 0 unspecified atom stereocenters. The van der Waals surface area contributed by atoms with Crippen LogP contribution in [0.2, 0.25) is 0 Å². The van der Waals surface area contributed by atoms with Gasteiger partial charge in [0.05, 0.1) is 17.1 Å². The Morgan fingerprint density at radius 2 is 1.62 bits per heavy atom. The maximum Gasteiger partial charge on any atom is 0.257 e. The van der Waals surface area contributed by atoms with Gasteiger partial charge in [-0.2, -0.15) is 0 Å². The molecule has 1 aromatic carbocycles. The summed E-state index contributed by atoms with van der Waals surface area (Å²) >= 11 is 0. The van der Waals surface area contributed by atoms with Crippen molar-refractivity contribution in [3.8, 4) is 5.88 Å². The highest BCUT2D eigenvalue weighted by molar-refractivity contribution is 7.89. The third-order valence-corrected chi connectivity index (χ3v) is 8.88. The van der Waals surface area contributed by atoms with E-state index in [0.717, 1.165) is 73.9 Å². The van der Waals surface area contributed by atoms with E-state index in [0.29, 0.717) is 43.0 Å². The van der Waals surface area contributed by atoms with Gasteiger partial charge in [0.2, 0.25) is 15.9 Å². The van der Waals surface area contributed by atoms with Crippen molar-refractivity contribution in [3.05, 3.63) is 64.1 Å². The number of pyridine rings is 1. The maximum atomic E-state index is 14.6. The molecule has 1 saturated heterocycles. The van der Waals surface area contributed by atoms with Crippen LogP contribution in [0.3, 0.4) is 0 Å². The number of amides is 2. The second-order valence-electron chi connectivity index (χ2n) is 11.0. The van der Waals surface area contributed by atoms with E-state index in [1.807, 2.05) is 6.07 Å². The van der Waals surface area contributed by atoms with Gasteiger partial charge in [-0.3, -0.25) is 9.59 Å². The number of nitrogens with two attached hydrogens (primary N) is 1. The van der Waals surface area contributed by atoms with Gasteiger partial charge in [-0.15, -0.1) is 0 Å². The summed E-state index contributed by atoms with van der Waals surface area (Å²) in [7, 11) is -4.08. The van der Waals surface area contributed by atoms with E-state index in [1.54, 1.807) is 11.0 Å². The first-order valence-corrected chi connectivity index (χ1v) is 15.0. The second kappa shape index (κ2) is 10.6. The Balaban J connectivity index is 1.10.